The van der Waals surface area contributed by atoms with Crippen LogP contribution in [0.15, 0.2) is 36.9 Å². The summed E-state index contributed by atoms with van der Waals surface area (Å²) in [5, 5.41) is 9.84. The van der Waals surface area contributed by atoms with E-state index in [4.69, 9.17) is 4.74 Å². The summed E-state index contributed by atoms with van der Waals surface area (Å²) in [6.45, 7) is 13.6. The first-order chi connectivity index (χ1) is 27.1. The number of hydrogen-bond acceptors (Lipinski definition) is 9. The lowest BCUT2D eigenvalue weighted by Crippen LogP contribution is -2.62. The second-order valence-electron chi connectivity index (χ2n) is 17.1. The number of sulfonamides is 1. The van der Waals surface area contributed by atoms with Gasteiger partial charge in [0.25, 0.3) is 5.91 Å². The minimum Gasteiger partial charge on any atom is -0.444 e. The van der Waals surface area contributed by atoms with Crippen molar-refractivity contribution in [3.05, 3.63) is 48.0 Å². The third-order valence-corrected chi connectivity index (χ3v) is 11.5. The van der Waals surface area contributed by atoms with Crippen LogP contribution in [-0.2, 0) is 46.9 Å². The molecule has 16 nitrogen and oxygen atoms in total. The van der Waals surface area contributed by atoms with Gasteiger partial charge in [-0.2, -0.15) is 13.2 Å². The number of likely N-dealkylation sites (N-methyl/N-ethyl adjacent to an activating group) is 1. The number of fused-ring (bicyclic) bond motifs is 1. The number of carbonyl (C=O) groups excluding carboxylic acids is 6. The van der Waals surface area contributed by atoms with Crippen LogP contribution < -0.4 is 21.3 Å². The van der Waals surface area contributed by atoms with E-state index in [1.165, 1.54) is 18.0 Å². The minimum atomic E-state index is -4.75. The van der Waals surface area contributed by atoms with Crippen LogP contribution >= 0.6 is 0 Å². The number of nitrogens with one attached hydrogen (secondary N) is 4. The zero-order chi connectivity index (χ0) is 44.7. The molecule has 1 fully saturated rings. The van der Waals surface area contributed by atoms with Crippen molar-refractivity contribution in [2.45, 2.75) is 110 Å². The Kier molecular flexibility index (Phi) is 16.1. The van der Waals surface area contributed by atoms with E-state index in [2.05, 4.69) is 27.8 Å². The third-order valence-electron chi connectivity index (χ3n) is 10.2. The van der Waals surface area contributed by atoms with Crippen LogP contribution in [0, 0.1) is 10.8 Å². The normalized spacial score (nSPS) is 18.8. The summed E-state index contributed by atoms with van der Waals surface area (Å²) in [7, 11) is -2.27. The Morgan fingerprint density at radius 1 is 0.983 bits per heavy atom. The summed E-state index contributed by atoms with van der Waals surface area (Å²) in [4.78, 5) is 83.8. The number of Topliss-reactive ketones (excluding diaryl/α,β-unsaturated/α-hetero) is 1. The fraction of sp³-hybridized carbons (Fsp3) is 0.641. The number of nitrogens with zero attached hydrogens (tertiary/aromatic N) is 3. The summed E-state index contributed by atoms with van der Waals surface area (Å²) in [5.74, 6) is -4.52. The number of alkyl halides is 3. The number of rotatable bonds is 15. The topological polar surface area (TPSA) is 204 Å². The van der Waals surface area contributed by atoms with Gasteiger partial charge in [0, 0.05) is 52.1 Å². The molecule has 0 radical (unpaired) electrons. The van der Waals surface area contributed by atoms with Gasteiger partial charge in [0.05, 0.1) is 18.8 Å². The zero-order valence-corrected chi connectivity index (χ0v) is 35.7. The largest absolute Gasteiger partial charge is 0.444 e. The fourth-order valence-corrected chi connectivity index (χ4v) is 6.99. The molecule has 1 aromatic carbocycles. The highest BCUT2D eigenvalue weighted by molar-refractivity contribution is 7.88. The molecule has 0 aromatic heterocycles. The van der Waals surface area contributed by atoms with Gasteiger partial charge in [0.15, 0.2) is 0 Å². The molecule has 5 atom stereocenters. The molecule has 1 aromatic rings. The van der Waals surface area contributed by atoms with Crippen molar-refractivity contribution < 1.29 is 55.1 Å². The van der Waals surface area contributed by atoms with E-state index in [-0.39, 0.29) is 32.6 Å². The van der Waals surface area contributed by atoms with Gasteiger partial charge in [-0.15, -0.1) is 6.58 Å². The molecule has 0 spiro atoms. The van der Waals surface area contributed by atoms with Crippen LogP contribution in [0.3, 0.4) is 0 Å². The highest BCUT2D eigenvalue weighted by Gasteiger charge is 2.48. The van der Waals surface area contributed by atoms with Crippen molar-refractivity contribution in [2.75, 3.05) is 39.5 Å². The van der Waals surface area contributed by atoms with E-state index in [0.717, 1.165) is 26.6 Å². The molecule has 0 bridgehead atoms. The van der Waals surface area contributed by atoms with E-state index >= 15 is 0 Å². The summed E-state index contributed by atoms with van der Waals surface area (Å²) < 4.78 is 71.3. The molecule has 330 valence electrons. The molecule has 2 heterocycles. The third kappa shape index (κ3) is 14.2. The second-order valence-corrected chi connectivity index (χ2v) is 19.2. The Bertz CT molecular complexity index is 1850. The Labute approximate surface area is 344 Å². The summed E-state index contributed by atoms with van der Waals surface area (Å²) in [6.07, 6.45) is -6.60. The number of amides is 6. The number of benzene rings is 1. The monoisotopic (exact) mass is 857 g/mol. The molecular weight excluding hydrogens is 800 g/mol. The number of halogens is 3. The number of hydrogen-bond donors (Lipinski definition) is 4. The minimum absolute atomic E-state index is 0.103. The van der Waals surface area contributed by atoms with Gasteiger partial charge < -0.3 is 35.8 Å². The van der Waals surface area contributed by atoms with Crippen LogP contribution in [0.2, 0.25) is 0 Å². The van der Waals surface area contributed by atoms with E-state index in [9.17, 15) is 50.4 Å². The lowest BCUT2D eigenvalue weighted by molar-refractivity contribution is -0.147. The van der Waals surface area contributed by atoms with Gasteiger partial charge in [-0.25, -0.2) is 22.3 Å². The van der Waals surface area contributed by atoms with Crippen molar-refractivity contribution in [1.29, 1.82) is 0 Å². The van der Waals surface area contributed by atoms with Gasteiger partial charge >= 0.3 is 18.3 Å². The fourth-order valence-electron chi connectivity index (χ4n) is 6.57. The Morgan fingerprint density at radius 2 is 1.61 bits per heavy atom. The van der Waals surface area contributed by atoms with Gasteiger partial charge in [-0.1, -0.05) is 71.9 Å². The average Bonchev–Trinajstić information content (AvgIpc) is 3.55. The maximum atomic E-state index is 14.6. The van der Waals surface area contributed by atoms with E-state index < -0.39 is 106 Å². The maximum absolute atomic E-state index is 14.6. The van der Waals surface area contributed by atoms with Gasteiger partial charge in [0.1, 0.15) is 18.2 Å². The van der Waals surface area contributed by atoms with Crippen molar-refractivity contribution in [2.24, 2.45) is 10.8 Å². The first-order valence-corrected chi connectivity index (χ1v) is 21.1. The van der Waals surface area contributed by atoms with Crippen LogP contribution in [0.25, 0.3) is 0 Å². The molecular formula is C39H58F3N7O9S. The van der Waals surface area contributed by atoms with Crippen LogP contribution in [0.1, 0.15) is 71.9 Å². The number of urea groups is 1. The van der Waals surface area contributed by atoms with Crippen molar-refractivity contribution >= 4 is 45.7 Å². The molecule has 3 unspecified atom stereocenters. The number of ketones is 1. The number of carbonyl (C=O) groups is 6. The molecule has 4 N–H and O–H groups in total. The lowest BCUT2D eigenvalue weighted by Gasteiger charge is -2.37. The molecule has 0 saturated carbocycles. The summed E-state index contributed by atoms with van der Waals surface area (Å²) in [6, 6.07) is 1.14. The molecule has 6 amide bonds. The van der Waals surface area contributed by atoms with Crippen LogP contribution in [0.5, 0.6) is 0 Å². The van der Waals surface area contributed by atoms with Crippen molar-refractivity contribution in [1.82, 2.24) is 35.4 Å². The molecule has 3 rings (SSSR count). The summed E-state index contributed by atoms with van der Waals surface area (Å²) in [5.41, 5.74) is 0.281. The van der Waals surface area contributed by atoms with E-state index in [0.29, 0.717) is 13.0 Å². The first-order valence-electron chi connectivity index (χ1n) is 19.2. The van der Waals surface area contributed by atoms with Crippen molar-refractivity contribution in [3.63, 3.8) is 0 Å². The SMILES string of the molecule is C=CCNC(=O)C(=O)C(CCC(F)(F)F)NC(=O)[C@@H]1C[C@@H](OC(=O)N2CCc3ccccc3C2)CN1C(=O)C(NC(=O)NC(CN(C)S(C)(=O)=O)C(C)(C)C)C(C)(C)C. The standard InChI is InChI=1S/C39H58F3N7O9S/c1-10-18-43-33(52)30(50)27(15-17-39(40,41)42)44-32(51)28-20-26(58-36(55)48-19-16-24-13-11-12-14-25(24)21-48)22-49(28)34(53)31(38(5,6)7)46-35(54)45-29(37(2,3)4)23-47(8)59(9,56)57/h10-14,26-29,31H,1,15-23H2,2-9H3,(H,43,52)(H,44,51)(H2,45,46,54)/t26-,27?,28+,29?,31?/m1/s1. The number of likely N-dealkylation sites (tertiary alicyclic amines) is 1. The quantitative estimate of drug-likeness (QED) is 0.151. The molecule has 2 aliphatic rings. The molecule has 0 aliphatic carbocycles. The van der Waals surface area contributed by atoms with Crippen molar-refractivity contribution in [3.8, 4) is 0 Å². The predicted octanol–water partition coefficient (Wildman–Crippen LogP) is 2.87. The Morgan fingerprint density at radius 3 is 2.17 bits per heavy atom. The highest BCUT2D eigenvalue weighted by atomic mass is 32.2. The highest BCUT2D eigenvalue weighted by Crippen LogP contribution is 2.30. The molecule has 1 saturated heterocycles. The number of ether oxygens (including phenoxy) is 1. The lowest BCUT2D eigenvalue weighted by atomic mass is 9.85. The Balaban J connectivity index is 1.95. The van der Waals surface area contributed by atoms with E-state index in [1.807, 2.05) is 24.3 Å². The molecule has 20 heteroatoms. The second kappa shape index (κ2) is 19.6. The summed E-state index contributed by atoms with van der Waals surface area (Å²) >= 11 is 0. The van der Waals surface area contributed by atoms with Gasteiger partial charge in [-0.3, -0.25) is 19.2 Å². The average molecular weight is 858 g/mol. The maximum Gasteiger partial charge on any atom is 0.410 e. The van der Waals surface area contributed by atoms with Crippen LogP contribution in [-0.4, -0.2) is 134 Å². The molecule has 2 aliphatic heterocycles. The Hall–Kier alpha value is -4.72. The van der Waals surface area contributed by atoms with Crippen LogP contribution in [0.4, 0.5) is 22.8 Å². The van der Waals surface area contributed by atoms with Gasteiger partial charge in [-0.05, 0) is 34.8 Å². The zero-order valence-electron chi connectivity index (χ0n) is 34.9. The van der Waals surface area contributed by atoms with Gasteiger partial charge in [0.2, 0.25) is 27.6 Å². The molecule has 59 heavy (non-hydrogen) atoms. The van der Waals surface area contributed by atoms with E-state index in [1.54, 1.807) is 41.5 Å². The smallest absolute Gasteiger partial charge is 0.410 e. The first kappa shape index (κ1) is 48.6. The predicted molar refractivity (Wildman–Crippen MR) is 212 cm³/mol.